The molecule has 0 aromatic heterocycles. The molecule has 1 aromatic carbocycles. The minimum absolute atomic E-state index is 0.316. The maximum absolute atomic E-state index is 12.3. The van der Waals surface area contributed by atoms with Crippen molar-refractivity contribution < 1.29 is 13.6 Å². The Kier molecular flexibility index (Phi) is 3.30. The van der Waals surface area contributed by atoms with E-state index in [1.54, 1.807) is 38.1 Å². The molecule has 18 heavy (non-hydrogen) atoms. The van der Waals surface area contributed by atoms with Crippen LogP contribution in [-0.2, 0) is 10.0 Å². The van der Waals surface area contributed by atoms with Crippen LogP contribution in [0.15, 0.2) is 29.4 Å². The van der Waals surface area contributed by atoms with Crippen molar-refractivity contribution in [1.82, 2.24) is 0 Å². The van der Waals surface area contributed by atoms with E-state index in [0.717, 1.165) is 0 Å². The predicted molar refractivity (Wildman–Crippen MR) is 70.8 cm³/mol. The molecule has 0 saturated carbocycles. The van der Waals surface area contributed by atoms with Crippen LogP contribution in [0.3, 0.4) is 0 Å². The molecule has 1 N–H and O–H groups in total. The second-order valence-corrected chi connectivity index (χ2v) is 6.89. The van der Waals surface area contributed by atoms with Gasteiger partial charge in [-0.25, -0.2) is 8.42 Å². The first kappa shape index (κ1) is 12.9. The molecule has 0 saturated heterocycles. The summed E-state index contributed by atoms with van der Waals surface area (Å²) in [6, 6.07) is 7.09. The van der Waals surface area contributed by atoms with Crippen molar-refractivity contribution in [3.8, 4) is 0 Å². The zero-order valence-electron chi connectivity index (χ0n) is 10.4. The third-order valence-electron chi connectivity index (χ3n) is 3.06. The van der Waals surface area contributed by atoms with Crippen LogP contribution in [0.2, 0.25) is 0 Å². The zero-order valence-corrected chi connectivity index (χ0v) is 11.2. The van der Waals surface area contributed by atoms with Crippen molar-refractivity contribution in [3.63, 3.8) is 0 Å². The van der Waals surface area contributed by atoms with Gasteiger partial charge >= 0.3 is 0 Å². The first-order valence-electron chi connectivity index (χ1n) is 5.80. The largest absolute Gasteiger partial charge is 0.411 e. The van der Waals surface area contributed by atoms with Crippen LogP contribution in [0, 0.1) is 0 Å². The second kappa shape index (κ2) is 4.61. The Morgan fingerprint density at radius 3 is 2.61 bits per heavy atom. The molecule has 0 radical (unpaired) electrons. The SMILES string of the molecule is CC(C)S(=O)(=O)N1CCC(=NO)c2ccccc21. The standard InChI is InChI=1S/C12H16N2O3S/c1-9(2)18(16,17)14-8-7-11(13-15)10-5-3-4-6-12(10)14/h3-6,9,15H,7-8H2,1-2H3. The van der Waals surface area contributed by atoms with Crippen LogP contribution < -0.4 is 4.31 Å². The molecule has 0 aliphatic carbocycles. The number of para-hydroxylation sites is 1. The quantitative estimate of drug-likeness (QED) is 0.657. The van der Waals surface area contributed by atoms with Gasteiger partial charge < -0.3 is 5.21 Å². The summed E-state index contributed by atoms with van der Waals surface area (Å²) in [5, 5.41) is 11.7. The van der Waals surface area contributed by atoms with Gasteiger partial charge in [-0.2, -0.15) is 0 Å². The molecule has 1 heterocycles. The molecule has 0 fully saturated rings. The summed E-state index contributed by atoms with van der Waals surface area (Å²) >= 11 is 0. The molecule has 0 unspecified atom stereocenters. The van der Waals surface area contributed by atoms with Crippen molar-refractivity contribution in [3.05, 3.63) is 29.8 Å². The van der Waals surface area contributed by atoms with Crippen molar-refractivity contribution in [1.29, 1.82) is 0 Å². The molecule has 1 aromatic rings. The van der Waals surface area contributed by atoms with Gasteiger partial charge in [-0.3, -0.25) is 4.31 Å². The number of anilines is 1. The van der Waals surface area contributed by atoms with Crippen molar-refractivity contribution in [2.75, 3.05) is 10.8 Å². The van der Waals surface area contributed by atoms with E-state index in [0.29, 0.717) is 29.9 Å². The lowest BCUT2D eigenvalue weighted by atomic mass is 10.0. The zero-order chi connectivity index (χ0) is 13.3. The van der Waals surface area contributed by atoms with E-state index in [1.165, 1.54) is 4.31 Å². The second-order valence-electron chi connectivity index (χ2n) is 4.48. The maximum Gasteiger partial charge on any atom is 0.237 e. The Bertz CT molecular complexity index is 579. The van der Waals surface area contributed by atoms with Crippen LogP contribution in [0.1, 0.15) is 25.8 Å². The highest BCUT2D eigenvalue weighted by molar-refractivity contribution is 7.93. The van der Waals surface area contributed by atoms with E-state index in [2.05, 4.69) is 5.16 Å². The Balaban J connectivity index is 2.56. The fourth-order valence-electron chi connectivity index (χ4n) is 2.02. The summed E-state index contributed by atoms with van der Waals surface area (Å²) < 4.78 is 25.9. The molecule has 5 nitrogen and oxygen atoms in total. The third kappa shape index (κ3) is 1.96. The first-order valence-corrected chi connectivity index (χ1v) is 7.30. The monoisotopic (exact) mass is 268 g/mol. The lowest BCUT2D eigenvalue weighted by Crippen LogP contribution is -2.41. The van der Waals surface area contributed by atoms with Crippen molar-refractivity contribution in [2.24, 2.45) is 5.16 Å². The topological polar surface area (TPSA) is 70.0 Å². The van der Waals surface area contributed by atoms with Gasteiger partial charge in [-0.05, 0) is 19.9 Å². The Hall–Kier alpha value is -1.56. The van der Waals surface area contributed by atoms with Gasteiger partial charge in [-0.1, -0.05) is 23.4 Å². The molecular formula is C12H16N2O3S. The van der Waals surface area contributed by atoms with Crippen LogP contribution in [0.5, 0.6) is 0 Å². The summed E-state index contributed by atoms with van der Waals surface area (Å²) in [7, 11) is -3.35. The van der Waals surface area contributed by atoms with Gasteiger partial charge in [0, 0.05) is 18.5 Å². The molecule has 1 aliphatic heterocycles. The number of sulfonamides is 1. The molecule has 0 amide bonds. The van der Waals surface area contributed by atoms with Gasteiger partial charge in [0.25, 0.3) is 0 Å². The number of rotatable bonds is 2. The number of oxime groups is 1. The number of fused-ring (bicyclic) bond motifs is 1. The smallest absolute Gasteiger partial charge is 0.237 e. The van der Waals surface area contributed by atoms with E-state index < -0.39 is 15.3 Å². The van der Waals surface area contributed by atoms with Crippen molar-refractivity contribution >= 4 is 21.4 Å². The summed E-state index contributed by atoms with van der Waals surface area (Å²) in [6.45, 7) is 3.64. The number of hydrogen-bond donors (Lipinski definition) is 1. The lowest BCUT2D eigenvalue weighted by molar-refractivity contribution is 0.318. The maximum atomic E-state index is 12.3. The fourth-order valence-corrected chi connectivity index (χ4v) is 3.31. The minimum atomic E-state index is -3.35. The molecule has 0 bridgehead atoms. The van der Waals surface area contributed by atoms with Crippen molar-refractivity contribution in [2.45, 2.75) is 25.5 Å². The average Bonchev–Trinajstić information content (AvgIpc) is 2.37. The van der Waals surface area contributed by atoms with E-state index in [1.807, 2.05) is 0 Å². The van der Waals surface area contributed by atoms with Crippen LogP contribution in [0.25, 0.3) is 0 Å². The summed E-state index contributed by atoms with van der Waals surface area (Å²) in [5.74, 6) is 0. The summed E-state index contributed by atoms with van der Waals surface area (Å²) in [4.78, 5) is 0. The molecular weight excluding hydrogens is 252 g/mol. The molecule has 0 spiro atoms. The highest BCUT2D eigenvalue weighted by atomic mass is 32.2. The first-order chi connectivity index (χ1) is 8.48. The average molecular weight is 268 g/mol. The minimum Gasteiger partial charge on any atom is -0.411 e. The van der Waals surface area contributed by atoms with E-state index in [9.17, 15) is 8.42 Å². The summed E-state index contributed by atoms with van der Waals surface area (Å²) in [5.41, 5.74) is 1.79. The normalized spacial score (nSPS) is 18.2. The number of nitrogens with zero attached hydrogens (tertiary/aromatic N) is 2. The van der Waals surface area contributed by atoms with Crippen LogP contribution >= 0.6 is 0 Å². The van der Waals surface area contributed by atoms with E-state index >= 15 is 0 Å². The van der Waals surface area contributed by atoms with Gasteiger partial charge in [0.1, 0.15) is 0 Å². The van der Waals surface area contributed by atoms with Gasteiger partial charge in [0.05, 0.1) is 16.6 Å². The molecule has 98 valence electrons. The van der Waals surface area contributed by atoms with Crippen LogP contribution in [0.4, 0.5) is 5.69 Å². The number of benzene rings is 1. The molecule has 6 heteroatoms. The third-order valence-corrected chi connectivity index (χ3v) is 5.24. The Morgan fingerprint density at radius 2 is 2.00 bits per heavy atom. The predicted octanol–water partition coefficient (Wildman–Crippen LogP) is 1.81. The highest BCUT2D eigenvalue weighted by Crippen LogP contribution is 2.30. The van der Waals surface area contributed by atoms with Gasteiger partial charge in [0.2, 0.25) is 10.0 Å². The summed E-state index contributed by atoms with van der Waals surface area (Å²) in [6.07, 6.45) is 0.416. The van der Waals surface area contributed by atoms with E-state index in [-0.39, 0.29) is 0 Å². The van der Waals surface area contributed by atoms with Crippen LogP contribution in [-0.4, -0.2) is 31.1 Å². The molecule has 2 rings (SSSR count). The molecule has 0 atom stereocenters. The Labute approximate surface area is 107 Å². The van der Waals surface area contributed by atoms with Gasteiger partial charge in [0.15, 0.2) is 0 Å². The number of hydrogen-bond acceptors (Lipinski definition) is 4. The fraction of sp³-hybridized carbons (Fsp3) is 0.417. The highest BCUT2D eigenvalue weighted by Gasteiger charge is 2.32. The molecule has 1 aliphatic rings. The van der Waals surface area contributed by atoms with E-state index in [4.69, 9.17) is 5.21 Å². The Morgan fingerprint density at radius 1 is 1.33 bits per heavy atom. The van der Waals surface area contributed by atoms with Gasteiger partial charge in [-0.15, -0.1) is 0 Å². The lowest BCUT2D eigenvalue weighted by Gasteiger charge is -2.32.